The van der Waals surface area contributed by atoms with Gasteiger partial charge in [-0.05, 0) is 29.8 Å². The van der Waals surface area contributed by atoms with Gasteiger partial charge in [-0.1, -0.05) is 52.4 Å². The van der Waals surface area contributed by atoms with Gasteiger partial charge in [0.2, 0.25) is 0 Å². The van der Waals surface area contributed by atoms with Crippen LogP contribution in [0.2, 0.25) is 0 Å². The Labute approximate surface area is 120 Å². The maximum absolute atomic E-state index is 5.69. The summed E-state index contributed by atoms with van der Waals surface area (Å²) < 4.78 is 6.69. The molecule has 0 saturated carbocycles. The molecule has 0 aliphatic rings. The highest BCUT2D eigenvalue weighted by atomic mass is 79.9. The summed E-state index contributed by atoms with van der Waals surface area (Å²) in [6.07, 6.45) is 0. The molecule has 0 aromatic heterocycles. The number of thiocarbonyl (C=S) groups is 1. The van der Waals surface area contributed by atoms with Crippen molar-refractivity contribution in [2.75, 3.05) is 0 Å². The second-order valence-electron chi connectivity index (χ2n) is 3.81. The van der Waals surface area contributed by atoms with Gasteiger partial charge in [-0.2, -0.15) is 0 Å². The van der Waals surface area contributed by atoms with E-state index in [1.165, 1.54) is 0 Å². The zero-order valence-corrected chi connectivity index (χ0v) is 12.0. The summed E-state index contributed by atoms with van der Waals surface area (Å²) in [6, 6.07) is 15.5. The van der Waals surface area contributed by atoms with Crippen molar-refractivity contribution in [3.63, 3.8) is 0 Å². The number of ether oxygens (including phenoxy) is 1. The molecule has 2 rings (SSSR count). The van der Waals surface area contributed by atoms with E-state index in [1.807, 2.05) is 48.5 Å². The number of benzene rings is 2. The lowest BCUT2D eigenvalue weighted by Crippen LogP contribution is -2.09. The van der Waals surface area contributed by atoms with Crippen LogP contribution in [0.25, 0.3) is 0 Å². The molecule has 0 saturated heterocycles. The first-order valence-electron chi connectivity index (χ1n) is 5.42. The fraction of sp³-hybridized carbons (Fsp3) is 0.0714. The normalized spacial score (nSPS) is 10.1. The van der Waals surface area contributed by atoms with Crippen molar-refractivity contribution >= 4 is 33.1 Å². The molecule has 0 spiro atoms. The first-order chi connectivity index (χ1) is 8.65. The molecule has 0 atom stereocenters. The number of nitrogens with two attached hydrogens (primary N) is 1. The summed E-state index contributed by atoms with van der Waals surface area (Å²) in [5, 5.41) is 0. The van der Waals surface area contributed by atoms with Crippen LogP contribution in [0.3, 0.4) is 0 Å². The molecule has 0 fully saturated rings. The van der Waals surface area contributed by atoms with Crippen molar-refractivity contribution in [2.45, 2.75) is 6.61 Å². The molecule has 0 heterocycles. The van der Waals surface area contributed by atoms with Gasteiger partial charge >= 0.3 is 0 Å². The maximum Gasteiger partial charge on any atom is 0.120 e. The van der Waals surface area contributed by atoms with E-state index >= 15 is 0 Å². The summed E-state index contributed by atoms with van der Waals surface area (Å²) in [6.45, 7) is 0.493. The van der Waals surface area contributed by atoms with Gasteiger partial charge in [-0.15, -0.1) is 0 Å². The summed E-state index contributed by atoms with van der Waals surface area (Å²) in [4.78, 5) is 0.402. The van der Waals surface area contributed by atoms with Crippen LogP contribution < -0.4 is 10.5 Å². The topological polar surface area (TPSA) is 35.2 Å². The Balaban J connectivity index is 2.06. The minimum atomic E-state index is 0.402. The average Bonchev–Trinajstić information content (AvgIpc) is 2.37. The number of rotatable bonds is 4. The molecular formula is C14H12BrNOS. The zero-order chi connectivity index (χ0) is 13.0. The summed E-state index contributed by atoms with van der Waals surface area (Å²) in [7, 11) is 0. The van der Waals surface area contributed by atoms with Crippen LogP contribution in [-0.2, 0) is 6.61 Å². The highest BCUT2D eigenvalue weighted by Crippen LogP contribution is 2.19. The average molecular weight is 322 g/mol. The van der Waals surface area contributed by atoms with Crippen LogP contribution in [0.5, 0.6) is 5.75 Å². The fourth-order valence-corrected chi connectivity index (χ4v) is 2.04. The Hall–Kier alpha value is -1.39. The first kappa shape index (κ1) is 13.1. The van der Waals surface area contributed by atoms with E-state index in [0.717, 1.165) is 21.3 Å². The predicted octanol–water partition coefficient (Wildman–Crippen LogP) is 3.66. The van der Waals surface area contributed by atoms with Gasteiger partial charge in [0.25, 0.3) is 0 Å². The first-order valence-corrected chi connectivity index (χ1v) is 6.62. The number of hydrogen-bond acceptors (Lipinski definition) is 2. The molecule has 92 valence electrons. The van der Waals surface area contributed by atoms with Gasteiger partial charge in [0.05, 0.1) is 0 Å². The van der Waals surface area contributed by atoms with E-state index in [1.54, 1.807) is 0 Å². The molecule has 2 N–H and O–H groups in total. The van der Waals surface area contributed by atoms with Gasteiger partial charge in [0, 0.05) is 10.0 Å². The van der Waals surface area contributed by atoms with Crippen molar-refractivity contribution in [2.24, 2.45) is 5.73 Å². The smallest absolute Gasteiger partial charge is 0.120 e. The summed E-state index contributed by atoms with van der Waals surface area (Å²) >= 11 is 8.35. The minimum Gasteiger partial charge on any atom is -0.489 e. The van der Waals surface area contributed by atoms with Gasteiger partial charge in [-0.3, -0.25) is 0 Å². The van der Waals surface area contributed by atoms with Crippen LogP contribution in [0.1, 0.15) is 11.1 Å². The Morgan fingerprint density at radius 2 is 1.94 bits per heavy atom. The molecule has 2 nitrogen and oxygen atoms in total. The third-order valence-corrected chi connectivity index (χ3v) is 3.14. The van der Waals surface area contributed by atoms with E-state index in [0.29, 0.717) is 11.6 Å². The zero-order valence-electron chi connectivity index (χ0n) is 9.60. The molecule has 4 heteroatoms. The maximum atomic E-state index is 5.69. The van der Waals surface area contributed by atoms with E-state index in [9.17, 15) is 0 Å². The van der Waals surface area contributed by atoms with Crippen molar-refractivity contribution in [3.8, 4) is 5.75 Å². The van der Waals surface area contributed by atoms with Crippen LogP contribution in [0.15, 0.2) is 53.0 Å². The molecule has 0 radical (unpaired) electrons. The quantitative estimate of drug-likeness (QED) is 0.873. The van der Waals surface area contributed by atoms with Gasteiger partial charge in [0.1, 0.15) is 17.3 Å². The molecular weight excluding hydrogens is 310 g/mol. The molecule has 0 aliphatic carbocycles. The highest BCUT2D eigenvalue weighted by molar-refractivity contribution is 9.10. The number of hydrogen-bond donors (Lipinski definition) is 1. The second-order valence-corrected chi connectivity index (χ2v) is 5.17. The predicted molar refractivity (Wildman–Crippen MR) is 80.8 cm³/mol. The van der Waals surface area contributed by atoms with E-state index in [4.69, 9.17) is 22.7 Å². The van der Waals surface area contributed by atoms with Crippen molar-refractivity contribution in [3.05, 3.63) is 64.1 Å². The SMILES string of the molecule is NC(=S)c1cccc(COc2cccc(Br)c2)c1. The largest absolute Gasteiger partial charge is 0.489 e. The Morgan fingerprint density at radius 1 is 1.17 bits per heavy atom. The lowest BCUT2D eigenvalue weighted by atomic mass is 10.1. The molecule has 18 heavy (non-hydrogen) atoms. The van der Waals surface area contributed by atoms with Crippen LogP contribution >= 0.6 is 28.1 Å². The Bertz CT molecular complexity index is 571. The summed E-state index contributed by atoms with van der Waals surface area (Å²) in [5.74, 6) is 0.824. The van der Waals surface area contributed by atoms with Crippen molar-refractivity contribution in [1.82, 2.24) is 0 Å². The fourth-order valence-electron chi connectivity index (χ4n) is 1.54. The van der Waals surface area contributed by atoms with E-state index < -0.39 is 0 Å². The van der Waals surface area contributed by atoms with Crippen LogP contribution in [0.4, 0.5) is 0 Å². The number of halogens is 1. The van der Waals surface area contributed by atoms with E-state index in [-0.39, 0.29) is 0 Å². The van der Waals surface area contributed by atoms with Gasteiger partial charge in [0.15, 0.2) is 0 Å². The summed E-state index contributed by atoms with van der Waals surface area (Å²) in [5.41, 5.74) is 7.50. The van der Waals surface area contributed by atoms with Crippen LogP contribution in [0, 0.1) is 0 Å². The van der Waals surface area contributed by atoms with Crippen LogP contribution in [-0.4, -0.2) is 4.99 Å². The monoisotopic (exact) mass is 321 g/mol. The minimum absolute atomic E-state index is 0.402. The highest BCUT2D eigenvalue weighted by Gasteiger charge is 2.00. The molecule has 2 aromatic carbocycles. The Morgan fingerprint density at radius 3 is 2.67 bits per heavy atom. The van der Waals surface area contributed by atoms with Gasteiger partial charge in [-0.25, -0.2) is 0 Å². The van der Waals surface area contributed by atoms with Crippen molar-refractivity contribution in [1.29, 1.82) is 0 Å². The lowest BCUT2D eigenvalue weighted by Gasteiger charge is -2.07. The Kier molecular flexibility index (Phi) is 4.33. The van der Waals surface area contributed by atoms with Gasteiger partial charge < -0.3 is 10.5 Å². The second kappa shape index (κ2) is 5.98. The molecule has 0 aliphatic heterocycles. The molecule has 0 amide bonds. The van der Waals surface area contributed by atoms with E-state index in [2.05, 4.69) is 15.9 Å². The lowest BCUT2D eigenvalue weighted by molar-refractivity contribution is 0.306. The molecule has 0 unspecified atom stereocenters. The third kappa shape index (κ3) is 3.55. The molecule has 2 aromatic rings. The van der Waals surface area contributed by atoms with Crippen molar-refractivity contribution < 1.29 is 4.74 Å². The third-order valence-electron chi connectivity index (χ3n) is 2.41. The molecule has 0 bridgehead atoms. The standard InChI is InChI=1S/C14H12BrNOS/c15-12-5-2-6-13(8-12)17-9-10-3-1-4-11(7-10)14(16)18/h1-8H,9H2,(H2,16,18).